The van der Waals surface area contributed by atoms with Crippen LogP contribution in [0.1, 0.15) is 18.4 Å². The Morgan fingerprint density at radius 3 is 2.54 bits per heavy atom. The summed E-state index contributed by atoms with van der Waals surface area (Å²) in [5.74, 6) is 0.216. The summed E-state index contributed by atoms with van der Waals surface area (Å²) in [4.78, 5) is 14.3. The number of fused-ring (bicyclic) bond motifs is 1. The number of piperidine rings is 1. The third-order valence-electron chi connectivity index (χ3n) is 5.38. The molecule has 2 heterocycles. The van der Waals surface area contributed by atoms with Crippen molar-refractivity contribution in [3.63, 3.8) is 0 Å². The number of hydrogen-bond donors (Lipinski definition) is 0. The van der Waals surface area contributed by atoms with Gasteiger partial charge in [0.05, 0.1) is 5.75 Å². The van der Waals surface area contributed by atoms with Gasteiger partial charge in [-0.2, -0.15) is 3.97 Å². The standard InChI is InChI=1S/C21H23FN2O3S/c22-18-7-5-16(6-8-18)15-17-9-11-23(12-10-17)13-14-28(26)24-19-3-1-2-4-20(19)27-21(24)25/h1-8,17H,9-15H2. The minimum atomic E-state index is -1.45. The van der Waals surface area contributed by atoms with Gasteiger partial charge in [0.1, 0.15) is 22.3 Å². The molecule has 0 spiro atoms. The molecule has 28 heavy (non-hydrogen) atoms. The van der Waals surface area contributed by atoms with Crippen molar-refractivity contribution in [2.45, 2.75) is 19.3 Å². The highest BCUT2D eigenvalue weighted by Gasteiger charge is 2.21. The second-order valence-corrected chi connectivity index (χ2v) is 8.69. The molecule has 0 amide bonds. The van der Waals surface area contributed by atoms with E-state index in [1.54, 1.807) is 24.3 Å². The van der Waals surface area contributed by atoms with Crippen LogP contribution in [0.3, 0.4) is 0 Å². The second-order valence-electron chi connectivity index (χ2n) is 7.27. The van der Waals surface area contributed by atoms with Gasteiger partial charge in [-0.1, -0.05) is 24.3 Å². The van der Waals surface area contributed by atoms with E-state index >= 15 is 0 Å². The van der Waals surface area contributed by atoms with E-state index in [1.165, 1.54) is 21.7 Å². The van der Waals surface area contributed by atoms with E-state index in [0.717, 1.165) is 32.4 Å². The lowest BCUT2D eigenvalue weighted by molar-refractivity contribution is 0.193. The van der Waals surface area contributed by atoms with Gasteiger partial charge in [0.25, 0.3) is 0 Å². The molecule has 1 atom stereocenters. The zero-order valence-corrected chi connectivity index (χ0v) is 16.4. The molecule has 148 valence electrons. The Kier molecular flexibility index (Phi) is 5.73. The van der Waals surface area contributed by atoms with Crippen molar-refractivity contribution < 1.29 is 13.0 Å². The number of rotatable bonds is 6. The molecule has 1 aromatic heterocycles. The first-order valence-electron chi connectivity index (χ1n) is 9.56. The van der Waals surface area contributed by atoms with Crippen LogP contribution in [-0.4, -0.2) is 38.5 Å². The summed E-state index contributed by atoms with van der Waals surface area (Å²) in [7, 11) is -1.45. The van der Waals surface area contributed by atoms with Gasteiger partial charge in [-0.25, -0.2) is 13.4 Å². The van der Waals surface area contributed by atoms with Gasteiger partial charge in [0.15, 0.2) is 5.58 Å². The molecule has 0 saturated carbocycles. The number of benzene rings is 2. The van der Waals surface area contributed by atoms with Crippen LogP contribution in [0.15, 0.2) is 57.7 Å². The Balaban J connectivity index is 1.29. The maximum atomic E-state index is 13.0. The Labute approximate surface area is 165 Å². The number of oxazole rings is 1. The fourth-order valence-corrected chi connectivity index (χ4v) is 4.98. The summed E-state index contributed by atoms with van der Waals surface area (Å²) < 4.78 is 32.1. The number of halogens is 1. The number of nitrogens with zero attached hydrogens (tertiary/aromatic N) is 2. The van der Waals surface area contributed by atoms with Gasteiger partial charge in [-0.15, -0.1) is 0 Å². The molecular weight excluding hydrogens is 379 g/mol. The molecule has 0 aliphatic carbocycles. The van der Waals surface area contributed by atoms with Gasteiger partial charge in [-0.05, 0) is 68.1 Å². The average molecular weight is 402 g/mol. The summed E-state index contributed by atoms with van der Waals surface area (Å²) in [5.41, 5.74) is 2.21. The van der Waals surface area contributed by atoms with Crippen LogP contribution in [0.4, 0.5) is 4.39 Å². The Bertz CT molecular complexity index is 1020. The molecule has 0 radical (unpaired) electrons. The number of para-hydroxylation sites is 2. The zero-order chi connectivity index (χ0) is 19.5. The highest BCUT2D eigenvalue weighted by atomic mass is 32.2. The molecule has 1 aliphatic heterocycles. The van der Waals surface area contributed by atoms with Crippen LogP contribution < -0.4 is 5.76 Å². The van der Waals surface area contributed by atoms with Crippen molar-refractivity contribution in [3.05, 3.63) is 70.5 Å². The van der Waals surface area contributed by atoms with E-state index in [-0.39, 0.29) is 5.82 Å². The molecule has 5 nitrogen and oxygen atoms in total. The molecule has 4 rings (SSSR count). The molecule has 1 aliphatic rings. The molecule has 0 bridgehead atoms. The zero-order valence-electron chi connectivity index (χ0n) is 15.6. The third kappa shape index (κ3) is 4.25. The van der Waals surface area contributed by atoms with E-state index < -0.39 is 16.7 Å². The van der Waals surface area contributed by atoms with E-state index in [1.807, 2.05) is 12.1 Å². The first-order valence-corrected chi connectivity index (χ1v) is 10.8. The predicted octanol–water partition coefficient (Wildman–Crippen LogP) is 3.20. The number of aromatic nitrogens is 1. The SMILES string of the molecule is O=c1oc2ccccc2n1S(=O)CCN1CCC(Cc2ccc(F)cc2)CC1. The Morgan fingerprint density at radius 2 is 1.79 bits per heavy atom. The summed E-state index contributed by atoms with van der Waals surface area (Å²) in [6, 6.07) is 13.8. The second kappa shape index (κ2) is 8.41. The lowest BCUT2D eigenvalue weighted by atomic mass is 9.90. The predicted molar refractivity (Wildman–Crippen MR) is 108 cm³/mol. The van der Waals surface area contributed by atoms with Crippen LogP contribution >= 0.6 is 0 Å². The van der Waals surface area contributed by atoms with Gasteiger partial charge in [0.2, 0.25) is 0 Å². The Hall–Kier alpha value is -2.25. The summed E-state index contributed by atoms with van der Waals surface area (Å²) in [5, 5.41) is 0. The molecule has 2 aromatic carbocycles. The molecule has 1 fully saturated rings. The molecule has 0 N–H and O–H groups in total. The molecule has 3 aromatic rings. The minimum Gasteiger partial charge on any atom is -0.407 e. The molecule has 1 saturated heterocycles. The van der Waals surface area contributed by atoms with Crippen molar-refractivity contribution in [2.24, 2.45) is 5.92 Å². The van der Waals surface area contributed by atoms with E-state index in [2.05, 4.69) is 4.90 Å². The summed E-state index contributed by atoms with van der Waals surface area (Å²) in [6.07, 6.45) is 3.10. The van der Waals surface area contributed by atoms with E-state index in [0.29, 0.717) is 29.3 Å². The Morgan fingerprint density at radius 1 is 1.07 bits per heavy atom. The smallest absolute Gasteiger partial charge is 0.407 e. The van der Waals surface area contributed by atoms with Crippen LogP contribution in [0.5, 0.6) is 0 Å². The molecule has 1 unspecified atom stereocenters. The first kappa shape index (κ1) is 19.1. The van der Waals surface area contributed by atoms with Crippen LogP contribution in [0.25, 0.3) is 11.1 Å². The van der Waals surface area contributed by atoms with Gasteiger partial charge < -0.3 is 9.32 Å². The quantitative estimate of drug-likeness (QED) is 0.635. The average Bonchev–Trinajstić information content (AvgIpc) is 3.05. The van der Waals surface area contributed by atoms with E-state index in [4.69, 9.17) is 4.42 Å². The number of hydrogen-bond acceptors (Lipinski definition) is 4. The normalized spacial score (nSPS) is 17.2. The lowest BCUT2D eigenvalue weighted by Crippen LogP contribution is -2.37. The van der Waals surface area contributed by atoms with Crippen LogP contribution in [-0.2, 0) is 17.4 Å². The van der Waals surface area contributed by atoms with Gasteiger partial charge in [-0.3, -0.25) is 0 Å². The maximum Gasteiger partial charge on any atom is 0.432 e. The summed E-state index contributed by atoms with van der Waals surface area (Å²) >= 11 is 0. The van der Waals surface area contributed by atoms with Crippen LogP contribution in [0, 0.1) is 11.7 Å². The van der Waals surface area contributed by atoms with Crippen molar-refractivity contribution in [3.8, 4) is 0 Å². The first-order chi connectivity index (χ1) is 13.6. The van der Waals surface area contributed by atoms with Crippen molar-refractivity contribution in [1.82, 2.24) is 8.87 Å². The van der Waals surface area contributed by atoms with Crippen LogP contribution in [0.2, 0.25) is 0 Å². The largest absolute Gasteiger partial charge is 0.432 e. The maximum absolute atomic E-state index is 13.0. The fraction of sp³-hybridized carbons (Fsp3) is 0.381. The monoisotopic (exact) mass is 402 g/mol. The molecular formula is C21H23FN2O3S. The third-order valence-corrected chi connectivity index (χ3v) is 6.66. The fourth-order valence-electron chi connectivity index (χ4n) is 3.80. The van der Waals surface area contributed by atoms with Gasteiger partial charge in [0, 0.05) is 6.54 Å². The highest BCUT2D eigenvalue weighted by molar-refractivity contribution is 7.83. The van der Waals surface area contributed by atoms with E-state index in [9.17, 15) is 13.4 Å². The van der Waals surface area contributed by atoms with Crippen molar-refractivity contribution >= 4 is 22.1 Å². The number of likely N-dealkylation sites (tertiary alicyclic amines) is 1. The van der Waals surface area contributed by atoms with Crippen molar-refractivity contribution in [1.29, 1.82) is 0 Å². The summed E-state index contributed by atoms with van der Waals surface area (Å²) in [6.45, 7) is 2.58. The molecule has 7 heteroatoms. The van der Waals surface area contributed by atoms with Gasteiger partial charge >= 0.3 is 5.76 Å². The topological polar surface area (TPSA) is 55.5 Å². The van der Waals surface area contributed by atoms with Crippen molar-refractivity contribution in [2.75, 3.05) is 25.4 Å². The lowest BCUT2D eigenvalue weighted by Gasteiger charge is -2.31. The minimum absolute atomic E-state index is 0.198. The highest BCUT2D eigenvalue weighted by Crippen LogP contribution is 2.22.